The molecule has 0 aromatic rings. The van der Waals surface area contributed by atoms with Crippen LogP contribution in [0.4, 0.5) is 0 Å². The molecule has 0 aromatic carbocycles. The zero-order valence-electron chi connectivity index (χ0n) is 34.8. The Hall–Kier alpha value is -2.18. The van der Waals surface area contributed by atoms with Gasteiger partial charge in [-0.05, 0) is 119 Å². The molecule has 6 nitrogen and oxygen atoms in total. The van der Waals surface area contributed by atoms with Crippen molar-refractivity contribution in [3.63, 3.8) is 0 Å². The Kier molecular flexibility index (Phi) is 19.6. The van der Waals surface area contributed by atoms with Crippen LogP contribution in [0.5, 0.6) is 0 Å². The molecule has 53 heavy (non-hydrogen) atoms. The number of aliphatic hydroxyl groups is 2. The molecular formula is C47H78O6. The number of fused-ring (bicyclic) bond motifs is 1. The molecule has 0 heterocycles. The highest BCUT2D eigenvalue weighted by Crippen LogP contribution is 2.60. The number of esters is 2. The van der Waals surface area contributed by atoms with Crippen molar-refractivity contribution in [2.75, 3.05) is 0 Å². The van der Waals surface area contributed by atoms with Crippen molar-refractivity contribution in [3.8, 4) is 0 Å². The van der Waals surface area contributed by atoms with E-state index in [1.807, 2.05) is 13.8 Å². The van der Waals surface area contributed by atoms with E-state index >= 15 is 0 Å². The highest BCUT2D eigenvalue weighted by Gasteiger charge is 2.50. The summed E-state index contributed by atoms with van der Waals surface area (Å²) in [5.41, 5.74) is 3.05. The first-order chi connectivity index (χ1) is 25.2. The van der Waals surface area contributed by atoms with Crippen LogP contribution in [0.3, 0.4) is 0 Å². The van der Waals surface area contributed by atoms with Gasteiger partial charge in [0.15, 0.2) is 0 Å². The maximum atomic E-state index is 12.8. The molecule has 2 N–H and O–H groups in total. The first-order valence-electron chi connectivity index (χ1n) is 21.7. The first-order valence-corrected chi connectivity index (χ1v) is 21.7. The molecule has 0 saturated heterocycles. The molecule has 3 aliphatic carbocycles. The van der Waals surface area contributed by atoms with Crippen molar-refractivity contribution in [2.24, 2.45) is 23.2 Å². The summed E-state index contributed by atoms with van der Waals surface area (Å²) in [7, 11) is 0. The van der Waals surface area contributed by atoms with Gasteiger partial charge in [-0.2, -0.15) is 0 Å². The summed E-state index contributed by atoms with van der Waals surface area (Å²) in [6, 6.07) is 0. The van der Waals surface area contributed by atoms with E-state index in [1.165, 1.54) is 63.9 Å². The molecule has 302 valence electrons. The largest absolute Gasteiger partial charge is 0.462 e. The van der Waals surface area contributed by atoms with E-state index in [0.29, 0.717) is 42.4 Å². The zero-order chi connectivity index (χ0) is 38.9. The summed E-state index contributed by atoms with van der Waals surface area (Å²) in [6.07, 6.45) is 31.3. The van der Waals surface area contributed by atoms with Crippen molar-refractivity contribution in [3.05, 3.63) is 47.6 Å². The Labute approximate surface area is 324 Å². The van der Waals surface area contributed by atoms with Gasteiger partial charge in [-0.15, -0.1) is 0 Å². The van der Waals surface area contributed by atoms with E-state index in [4.69, 9.17) is 9.47 Å². The van der Waals surface area contributed by atoms with Gasteiger partial charge in [-0.25, -0.2) is 0 Å². The Morgan fingerprint density at radius 2 is 1.74 bits per heavy atom. The third-order valence-electron chi connectivity index (χ3n) is 12.7. The number of carbonyl (C=O) groups excluding carboxylic acids is 2. The summed E-state index contributed by atoms with van der Waals surface area (Å²) in [4.78, 5) is 24.2. The van der Waals surface area contributed by atoms with Crippen LogP contribution in [0.1, 0.15) is 189 Å². The van der Waals surface area contributed by atoms with Crippen LogP contribution >= 0.6 is 0 Å². The Bertz CT molecular complexity index is 1220. The molecule has 3 aliphatic rings. The molecule has 0 radical (unpaired) electrons. The first kappa shape index (κ1) is 45.2. The fourth-order valence-electron chi connectivity index (χ4n) is 9.74. The average Bonchev–Trinajstić information content (AvgIpc) is 3.45. The minimum absolute atomic E-state index is 0.00825. The molecule has 0 bridgehead atoms. The summed E-state index contributed by atoms with van der Waals surface area (Å²) in [6.45, 7) is 16.7. The molecule has 3 fully saturated rings. The summed E-state index contributed by atoms with van der Waals surface area (Å²) in [5, 5.41) is 21.0. The predicted molar refractivity (Wildman–Crippen MR) is 218 cm³/mol. The number of hydrogen-bond donors (Lipinski definition) is 2. The van der Waals surface area contributed by atoms with E-state index in [0.717, 1.165) is 88.2 Å². The summed E-state index contributed by atoms with van der Waals surface area (Å²) >= 11 is 0. The van der Waals surface area contributed by atoms with E-state index in [-0.39, 0.29) is 24.1 Å². The fraction of sp³-hybridized carbons (Fsp3) is 0.787. The van der Waals surface area contributed by atoms with Crippen LogP contribution in [-0.4, -0.2) is 46.1 Å². The van der Waals surface area contributed by atoms with Gasteiger partial charge in [0, 0.05) is 32.6 Å². The molecule has 6 heteroatoms. The lowest BCUT2D eigenvalue weighted by molar-refractivity contribution is -0.151. The van der Waals surface area contributed by atoms with Gasteiger partial charge in [-0.1, -0.05) is 109 Å². The second-order valence-corrected chi connectivity index (χ2v) is 17.9. The van der Waals surface area contributed by atoms with E-state index in [1.54, 1.807) is 0 Å². The molecule has 0 aliphatic heterocycles. The van der Waals surface area contributed by atoms with Crippen molar-refractivity contribution in [1.29, 1.82) is 0 Å². The van der Waals surface area contributed by atoms with Gasteiger partial charge >= 0.3 is 11.9 Å². The average molecular weight is 739 g/mol. The highest BCUT2D eigenvalue weighted by atomic mass is 16.5. The second-order valence-electron chi connectivity index (χ2n) is 17.9. The van der Waals surface area contributed by atoms with Gasteiger partial charge in [-0.3, -0.25) is 9.59 Å². The van der Waals surface area contributed by atoms with Gasteiger partial charge in [0.05, 0.1) is 11.7 Å². The maximum Gasteiger partial charge on any atom is 0.306 e. The van der Waals surface area contributed by atoms with Crippen LogP contribution in [0, 0.1) is 23.2 Å². The Balaban J connectivity index is 1.38. The van der Waals surface area contributed by atoms with E-state index < -0.39 is 11.7 Å². The SMILES string of the molecule is C=C1/C(=C\C=C2/CCC[C@]3(C)[C@@H]([C@H](C)CCCC(C)(C)O)CC[C@@H]23)C[C@@H](OC(=O)CCCCCCC/C=C\C[C@@H](CCCCCC)OC(C)=O)C[C@@H]1O. The number of hydrogen-bond acceptors (Lipinski definition) is 6. The summed E-state index contributed by atoms with van der Waals surface area (Å²) in [5.74, 6) is 1.61. The maximum absolute atomic E-state index is 12.8. The molecule has 0 aromatic heterocycles. The summed E-state index contributed by atoms with van der Waals surface area (Å²) < 4.78 is 11.4. The number of aliphatic hydroxyl groups excluding tert-OH is 1. The van der Waals surface area contributed by atoms with Gasteiger partial charge < -0.3 is 19.7 Å². The molecule has 3 rings (SSSR count). The van der Waals surface area contributed by atoms with Crippen LogP contribution in [0.25, 0.3) is 0 Å². The minimum atomic E-state index is -0.684. The third kappa shape index (κ3) is 15.8. The van der Waals surface area contributed by atoms with Crippen molar-refractivity contribution in [1.82, 2.24) is 0 Å². The quantitative estimate of drug-likeness (QED) is 0.0616. The molecule has 7 atom stereocenters. The molecule has 0 amide bonds. The number of ether oxygens (including phenoxy) is 2. The number of rotatable bonds is 23. The standard InChI is InChI=1S/C47H78O6/c1-8-9-10-17-24-40(52-37(4)48)25-18-15-13-11-12-14-16-19-26-45(50)53-41-33-39(36(3)44(49)34-41)28-27-38-23-21-32-47(7)42(29-30-43(38)47)35(2)22-20-31-46(5,6)51/h15,18,27-28,35,40-44,49,51H,3,8-14,16-17,19-26,29-34H2,1-2,4-7H3/b18-15-,38-27+,39-28-/t35-,40-,41-,42-,43+,44+,47-/m1/s1. The fourth-order valence-corrected chi connectivity index (χ4v) is 9.74. The van der Waals surface area contributed by atoms with Crippen LogP contribution in [0.2, 0.25) is 0 Å². The van der Waals surface area contributed by atoms with E-state index in [9.17, 15) is 19.8 Å². The molecule has 3 saturated carbocycles. The smallest absolute Gasteiger partial charge is 0.306 e. The third-order valence-corrected chi connectivity index (χ3v) is 12.7. The van der Waals surface area contributed by atoms with Crippen LogP contribution < -0.4 is 0 Å². The topological polar surface area (TPSA) is 93.1 Å². The monoisotopic (exact) mass is 739 g/mol. The number of unbranched alkanes of at least 4 members (excludes halogenated alkanes) is 8. The molecule has 0 spiro atoms. The lowest BCUT2D eigenvalue weighted by atomic mass is 9.60. The minimum Gasteiger partial charge on any atom is -0.462 e. The Morgan fingerprint density at radius 3 is 2.47 bits per heavy atom. The lowest BCUT2D eigenvalue weighted by Gasteiger charge is -2.44. The van der Waals surface area contributed by atoms with Gasteiger partial charge in [0.2, 0.25) is 0 Å². The van der Waals surface area contributed by atoms with Gasteiger partial charge in [0.1, 0.15) is 12.2 Å². The van der Waals surface area contributed by atoms with Crippen LogP contribution in [-0.2, 0) is 19.1 Å². The van der Waals surface area contributed by atoms with E-state index in [2.05, 4.69) is 51.7 Å². The predicted octanol–water partition coefficient (Wildman–Crippen LogP) is 11.8. The van der Waals surface area contributed by atoms with Crippen molar-refractivity contribution >= 4 is 11.9 Å². The zero-order valence-corrected chi connectivity index (χ0v) is 34.8. The van der Waals surface area contributed by atoms with Crippen molar-refractivity contribution < 1.29 is 29.3 Å². The van der Waals surface area contributed by atoms with Gasteiger partial charge in [0.25, 0.3) is 0 Å². The molecular weight excluding hydrogens is 661 g/mol. The lowest BCUT2D eigenvalue weighted by Crippen LogP contribution is -2.36. The number of allylic oxidation sites excluding steroid dienone is 4. The molecule has 0 unspecified atom stereocenters. The normalized spacial score (nSPS) is 27.7. The highest BCUT2D eigenvalue weighted by molar-refractivity contribution is 5.69. The Morgan fingerprint density at radius 1 is 1.00 bits per heavy atom. The second kappa shape index (κ2) is 23.0. The van der Waals surface area contributed by atoms with Crippen molar-refractivity contribution in [2.45, 2.75) is 213 Å². The van der Waals surface area contributed by atoms with Crippen LogP contribution in [0.15, 0.2) is 47.6 Å². The number of carbonyl (C=O) groups is 2.